The van der Waals surface area contributed by atoms with Crippen LogP contribution >= 0.6 is 0 Å². The van der Waals surface area contributed by atoms with Crippen molar-refractivity contribution < 1.29 is 24.1 Å². The predicted octanol–water partition coefficient (Wildman–Crippen LogP) is 3.18. The van der Waals surface area contributed by atoms with Gasteiger partial charge in [0, 0.05) is 55.3 Å². The van der Waals surface area contributed by atoms with Crippen molar-refractivity contribution in [2.24, 2.45) is 0 Å². The summed E-state index contributed by atoms with van der Waals surface area (Å²) < 4.78 is 18.9. The third kappa shape index (κ3) is 3.98. The third-order valence-electron chi connectivity index (χ3n) is 7.35. The maximum Gasteiger partial charge on any atom is 0.407 e. The van der Waals surface area contributed by atoms with E-state index in [-0.39, 0.29) is 24.9 Å². The van der Waals surface area contributed by atoms with Crippen molar-refractivity contribution in [1.82, 2.24) is 24.6 Å². The van der Waals surface area contributed by atoms with Crippen molar-refractivity contribution in [3.63, 3.8) is 0 Å². The summed E-state index contributed by atoms with van der Waals surface area (Å²) in [4.78, 5) is 19.7. The molecule has 5 heterocycles. The van der Waals surface area contributed by atoms with Crippen molar-refractivity contribution >= 4 is 11.9 Å². The highest BCUT2D eigenvalue weighted by atomic mass is 16.7. The summed E-state index contributed by atoms with van der Waals surface area (Å²) in [6.45, 7) is 1.35. The second-order valence-electron chi connectivity index (χ2n) is 9.36. The molecule has 36 heavy (non-hydrogen) atoms. The summed E-state index contributed by atoms with van der Waals surface area (Å²) in [7, 11) is 1.58. The lowest BCUT2D eigenvalue weighted by Gasteiger charge is -2.43. The van der Waals surface area contributed by atoms with Gasteiger partial charge in [-0.15, -0.1) is 10.2 Å². The second kappa shape index (κ2) is 9.30. The molecule has 2 fully saturated rings. The molecule has 0 spiro atoms. The van der Waals surface area contributed by atoms with Crippen LogP contribution in [0.25, 0.3) is 16.9 Å². The number of aromatic nitrogens is 4. The zero-order valence-corrected chi connectivity index (χ0v) is 20.0. The number of fused-ring (bicyclic) bond motifs is 3. The normalized spacial score (nSPS) is 22.8. The third-order valence-corrected chi connectivity index (χ3v) is 7.35. The highest BCUT2D eigenvalue weighted by Gasteiger charge is 2.45. The van der Waals surface area contributed by atoms with Gasteiger partial charge in [-0.25, -0.2) is 9.78 Å². The average molecular weight is 493 g/mol. The van der Waals surface area contributed by atoms with Crippen LogP contribution in [0.4, 0.5) is 10.6 Å². The minimum absolute atomic E-state index is 0.0688. The Morgan fingerprint density at radius 3 is 2.72 bits per heavy atom. The van der Waals surface area contributed by atoms with Gasteiger partial charge in [0.15, 0.2) is 18.4 Å². The van der Waals surface area contributed by atoms with Crippen LogP contribution in [-0.2, 0) is 4.74 Å². The van der Waals surface area contributed by atoms with E-state index in [1.807, 2.05) is 35.0 Å². The Bertz CT molecular complexity index is 1240. The zero-order chi connectivity index (χ0) is 24.6. The molecule has 1 aromatic carbocycles. The summed E-state index contributed by atoms with van der Waals surface area (Å²) in [5, 5.41) is 18.7. The Morgan fingerprint density at radius 1 is 1.17 bits per heavy atom. The van der Waals surface area contributed by atoms with Gasteiger partial charge in [0.2, 0.25) is 0 Å². The number of carbonyl (C=O) groups is 1. The molecule has 0 aliphatic carbocycles. The first kappa shape index (κ1) is 22.6. The van der Waals surface area contributed by atoms with Crippen LogP contribution in [0.1, 0.15) is 25.7 Å². The first-order valence-corrected chi connectivity index (χ1v) is 12.2. The van der Waals surface area contributed by atoms with Gasteiger partial charge >= 0.3 is 6.09 Å². The number of amides is 1. The van der Waals surface area contributed by atoms with E-state index in [0.717, 1.165) is 36.9 Å². The largest absolute Gasteiger partial charge is 0.488 e. The molecule has 3 aliphatic heterocycles. The summed E-state index contributed by atoms with van der Waals surface area (Å²) in [5.41, 5.74) is 2.32. The van der Waals surface area contributed by atoms with Crippen LogP contribution in [-0.4, -0.2) is 81.0 Å². The van der Waals surface area contributed by atoms with Crippen molar-refractivity contribution in [2.75, 3.05) is 32.0 Å². The molecule has 3 aromatic rings. The van der Waals surface area contributed by atoms with Crippen LogP contribution < -0.4 is 14.4 Å². The minimum atomic E-state index is -0.807. The summed E-state index contributed by atoms with van der Waals surface area (Å²) in [6.07, 6.45) is 7.96. The number of rotatable bonds is 6. The number of methoxy groups -OCH3 is 1. The van der Waals surface area contributed by atoms with Crippen LogP contribution in [0.3, 0.4) is 0 Å². The molecule has 3 aliphatic rings. The number of hydrogen-bond acceptors (Lipinski definition) is 8. The molecule has 2 aromatic heterocycles. The van der Waals surface area contributed by atoms with E-state index in [1.165, 1.54) is 0 Å². The van der Waals surface area contributed by atoms with E-state index in [9.17, 15) is 9.90 Å². The Hall–Kier alpha value is -3.86. The number of anilines is 1. The van der Waals surface area contributed by atoms with Gasteiger partial charge in [0.1, 0.15) is 18.1 Å². The Balaban J connectivity index is 1.29. The molecule has 188 valence electrons. The molecule has 0 unspecified atom stereocenters. The SMILES string of the molecule is COCOc1cc(-n2ccnc2)ccc1-c1cc2c(nn1)N([C@@H]1C[C@H]3CC[C@@H](C1)N3C(=O)O)CCO2. The average Bonchev–Trinajstić information content (AvgIpc) is 3.53. The molecule has 3 atom stereocenters. The fourth-order valence-electron chi connectivity index (χ4n) is 5.77. The van der Waals surface area contributed by atoms with Gasteiger partial charge in [-0.3, -0.25) is 0 Å². The number of carboxylic acid groups (broad SMARTS) is 1. The minimum Gasteiger partial charge on any atom is -0.488 e. The molecule has 11 heteroatoms. The van der Waals surface area contributed by atoms with E-state index in [0.29, 0.717) is 36.2 Å². The highest BCUT2D eigenvalue weighted by Crippen LogP contribution is 2.42. The Morgan fingerprint density at radius 2 is 2.00 bits per heavy atom. The number of imidazole rings is 1. The van der Waals surface area contributed by atoms with Gasteiger partial charge in [0.25, 0.3) is 0 Å². The van der Waals surface area contributed by atoms with Crippen molar-refractivity contribution in [2.45, 2.75) is 43.8 Å². The Kier molecular flexibility index (Phi) is 5.84. The lowest BCUT2D eigenvalue weighted by molar-refractivity contribution is 0.0515. The van der Waals surface area contributed by atoms with Crippen molar-refractivity contribution in [1.29, 1.82) is 0 Å². The quantitative estimate of drug-likeness (QED) is 0.518. The lowest BCUT2D eigenvalue weighted by Crippen LogP contribution is -2.53. The van der Waals surface area contributed by atoms with Gasteiger partial charge in [-0.05, 0) is 37.8 Å². The fourth-order valence-corrected chi connectivity index (χ4v) is 5.77. The number of benzene rings is 1. The van der Waals surface area contributed by atoms with Crippen LogP contribution in [0.2, 0.25) is 0 Å². The molecule has 2 bridgehead atoms. The van der Waals surface area contributed by atoms with E-state index >= 15 is 0 Å². The fraction of sp³-hybridized carbons (Fsp3) is 0.440. The number of piperidine rings is 1. The number of hydrogen-bond donors (Lipinski definition) is 1. The number of nitrogens with zero attached hydrogens (tertiary/aromatic N) is 6. The molecule has 1 N–H and O–H groups in total. The van der Waals surface area contributed by atoms with Gasteiger partial charge in [0.05, 0.1) is 18.6 Å². The van der Waals surface area contributed by atoms with Crippen LogP contribution in [0, 0.1) is 0 Å². The second-order valence-corrected chi connectivity index (χ2v) is 9.36. The molecule has 2 saturated heterocycles. The lowest BCUT2D eigenvalue weighted by atomic mass is 9.96. The van der Waals surface area contributed by atoms with E-state index < -0.39 is 6.09 Å². The first-order valence-electron chi connectivity index (χ1n) is 12.2. The van der Waals surface area contributed by atoms with Crippen LogP contribution in [0.5, 0.6) is 11.5 Å². The molecule has 1 amide bonds. The van der Waals surface area contributed by atoms with Gasteiger partial charge in [-0.2, -0.15) is 0 Å². The standard InChI is InChI=1S/C25H28N6O5/c1-34-15-36-22-12-16(29-7-6-26-14-29)4-5-20(22)21-13-23-24(28-27-21)30(8-9-35-23)19-10-17-2-3-18(11-19)31(17)25(32)33/h4-7,12-14,17-19H,2-3,8-11,15H2,1H3,(H,32,33)/t17-,18+,19-. The van der Waals surface area contributed by atoms with E-state index in [4.69, 9.17) is 14.2 Å². The summed E-state index contributed by atoms with van der Waals surface area (Å²) in [5.74, 6) is 2.01. The first-order chi connectivity index (χ1) is 17.6. The predicted molar refractivity (Wildman–Crippen MR) is 130 cm³/mol. The van der Waals surface area contributed by atoms with Gasteiger partial charge in [-0.1, -0.05) is 0 Å². The highest BCUT2D eigenvalue weighted by molar-refractivity contribution is 5.72. The monoisotopic (exact) mass is 492 g/mol. The number of ether oxygens (including phenoxy) is 3. The van der Waals surface area contributed by atoms with Crippen molar-refractivity contribution in [3.05, 3.63) is 43.0 Å². The van der Waals surface area contributed by atoms with Crippen molar-refractivity contribution in [3.8, 4) is 28.4 Å². The molecule has 11 nitrogen and oxygen atoms in total. The van der Waals surface area contributed by atoms with Gasteiger partial charge < -0.3 is 33.7 Å². The summed E-state index contributed by atoms with van der Waals surface area (Å²) >= 11 is 0. The molecule has 6 rings (SSSR count). The smallest absolute Gasteiger partial charge is 0.407 e. The molecular formula is C25H28N6O5. The molecule has 0 saturated carbocycles. The van der Waals surface area contributed by atoms with E-state index in [1.54, 1.807) is 24.5 Å². The molecular weight excluding hydrogens is 464 g/mol. The maximum atomic E-state index is 11.7. The maximum absolute atomic E-state index is 11.7. The summed E-state index contributed by atoms with van der Waals surface area (Å²) in [6, 6.07) is 8.08. The topological polar surface area (TPSA) is 115 Å². The Labute approximate surface area is 208 Å². The van der Waals surface area contributed by atoms with Crippen LogP contribution in [0.15, 0.2) is 43.0 Å². The zero-order valence-electron chi connectivity index (χ0n) is 20.0. The molecule has 0 radical (unpaired) electrons. The van der Waals surface area contributed by atoms with E-state index in [2.05, 4.69) is 20.1 Å².